The maximum atomic E-state index is 2.37. The summed E-state index contributed by atoms with van der Waals surface area (Å²) in [4.78, 5) is 0. The number of unbranched alkanes of at least 4 members (excludes halogenated alkanes) is 3. The van der Waals surface area contributed by atoms with E-state index in [1.54, 1.807) is 0 Å². The largest absolute Gasteiger partial charge is 0.0911 e. The van der Waals surface area contributed by atoms with Gasteiger partial charge < -0.3 is 0 Å². The minimum atomic E-state index is 0.461. The monoisotopic (exact) mass is 182 g/mol. The molecule has 0 aromatic heterocycles. The first-order valence-electron chi connectivity index (χ1n) is 5.82. The van der Waals surface area contributed by atoms with Gasteiger partial charge in [-0.05, 0) is 25.2 Å². The molecule has 78 valence electrons. The van der Waals surface area contributed by atoms with Crippen LogP contribution in [0.1, 0.15) is 66.2 Å². The molecule has 0 nitrogen and oxygen atoms in total. The number of hydrogen-bond acceptors (Lipinski definition) is 0. The van der Waals surface area contributed by atoms with Gasteiger partial charge in [0.1, 0.15) is 0 Å². The second-order valence-corrected chi connectivity index (χ2v) is 4.32. The van der Waals surface area contributed by atoms with E-state index in [0.717, 1.165) is 0 Å². The molecule has 0 heterocycles. The second kappa shape index (κ2) is 7.17. The quantitative estimate of drug-likeness (QED) is 0.386. The van der Waals surface area contributed by atoms with Gasteiger partial charge in [0.15, 0.2) is 0 Å². The van der Waals surface area contributed by atoms with Crippen LogP contribution in [0.3, 0.4) is 0 Å². The molecule has 0 heteroatoms. The highest BCUT2D eigenvalue weighted by Crippen LogP contribution is 2.29. The Kier molecular flexibility index (Phi) is 7.03. The number of rotatable bonds is 7. The Morgan fingerprint density at radius 1 is 1.08 bits per heavy atom. The molecule has 0 aliphatic rings. The summed E-state index contributed by atoms with van der Waals surface area (Å²) in [6.07, 6.45) is 12.7. The van der Waals surface area contributed by atoms with Crippen molar-refractivity contribution in [3.63, 3.8) is 0 Å². The molecular weight excluding hydrogens is 156 g/mol. The minimum absolute atomic E-state index is 0.461. The van der Waals surface area contributed by atoms with E-state index >= 15 is 0 Å². The van der Waals surface area contributed by atoms with Gasteiger partial charge in [0.25, 0.3) is 0 Å². The topological polar surface area (TPSA) is 0 Å². The van der Waals surface area contributed by atoms with Gasteiger partial charge in [-0.1, -0.05) is 58.6 Å². The first-order valence-corrected chi connectivity index (χ1v) is 5.82. The fraction of sp³-hybridized carbons (Fsp3) is 0.846. The molecule has 0 N–H and O–H groups in total. The van der Waals surface area contributed by atoms with Crippen LogP contribution in [0.2, 0.25) is 0 Å². The average molecular weight is 182 g/mol. The average Bonchev–Trinajstić information content (AvgIpc) is 2.13. The smallest absolute Gasteiger partial charge is 0.0149 e. The Hall–Kier alpha value is -0.260. The zero-order chi connectivity index (χ0) is 10.2. The van der Waals surface area contributed by atoms with Crippen LogP contribution in [-0.2, 0) is 0 Å². The molecule has 0 saturated carbocycles. The Labute approximate surface area is 84.4 Å². The molecule has 0 amide bonds. The molecule has 0 unspecified atom stereocenters. The molecule has 0 aliphatic heterocycles. The number of hydrogen-bond donors (Lipinski definition) is 0. The lowest BCUT2D eigenvalue weighted by Gasteiger charge is -2.24. The Balaban J connectivity index is 3.70. The van der Waals surface area contributed by atoms with Crippen molar-refractivity contribution < 1.29 is 0 Å². The highest BCUT2D eigenvalue weighted by molar-refractivity contribution is 4.94. The predicted octanol–water partition coefficient (Wildman–Crippen LogP) is 4.95. The van der Waals surface area contributed by atoms with E-state index in [0.29, 0.717) is 5.41 Å². The fourth-order valence-electron chi connectivity index (χ4n) is 1.74. The molecule has 0 spiro atoms. The van der Waals surface area contributed by atoms with Crippen LogP contribution in [0.5, 0.6) is 0 Å². The highest BCUT2D eigenvalue weighted by Gasteiger charge is 2.16. The van der Waals surface area contributed by atoms with Crippen LogP contribution in [0.15, 0.2) is 12.2 Å². The maximum absolute atomic E-state index is 2.37. The van der Waals surface area contributed by atoms with Crippen molar-refractivity contribution in [3.8, 4) is 0 Å². The molecule has 0 aromatic carbocycles. The molecule has 13 heavy (non-hydrogen) atoms. The van der Waals surface area contributed by atoms with E-state index < -0.39 is 0 Å². The molecule has 0 aliphatic carbocycles. The Morgan fingerprint density at radius 2 is 1.77 bits per heavy atom. The number of allylic oxidation sites excluding steroid dienone is 2. The van der Waals surface area contributed by atoms with Crippen LogP contribution in [0.4, 0.5) is 0 Å². The lowest BCUT2D eigenvalue weighted by atomic mass is 9.82. The lowest BCUT2D eigenvalue weighted by Crippen LogP contribution is -2.11. The summed E-state index contributed by atoms with van der Waals surface area (Å²) < 4.78 is 0. The van der Waals surface area contributed by atoms with Crippen molar-refractivity contribution in [2.45, 2.75) is 66.2 Å². The minimum Gasteiger partial charge on any atom is -0.0911 e. The highest BCUT2D eigenvalue weighted by atomic mass is 14.2. The van der Waals surface area contributed by atoms with E-state index in [2.05, 4.69) is 39.8 Å². The summed E-state index contributed by atoms with van der Waals surface area (Å²) in [7, 11) is 0. The van der Waals surface area contributed by atoms with Crippen molar-refractivity contribution in [2.75, 3.05) is 0 Å². The summed E-state index contributed by atoms with van der Waals surface area (Å²) in [6, 6.07) is 0. The van der Waals surface area contributed by atoms with Gasteiger partial charge in [-0.2, -0.15) is 0 Å². The first kappa shape index (κ1) is 12.7. The van der Waals surface area contributed by atoms with Crippen LogP contribution in [0, 0.1) is 5.41 Å². The van der Waals surface area contributed by atoms with Gasteiger partial charge in [-0.15, -0.1) is 0 Å². The molecule has 0 radical (unpaired) electrons. The van der Waals surface area contributed by atoms with Crippen LogP contribution in [-0.4, -0.2) is 0 Å². The van der Waals surface area contributed by atoms with Crippen molar-refractivity contribution in [3.05, 3.63) is 12.2 Å². The van der Waals surface area contributed by atoms with E-state index in [9.17, 15) is 0 Å². The molecule has 0 rings (SSSR count). The zero-order valence-electron chi connectivity index (χ0n) is 9.90. The van der Waals surface area contributed by atoms with E-state index in [-0.39, 0.29) is 0 Å². The first-order chi connectivity index (χ1) is 6.18. The third kappa shape index (κ3) is 5.90. The zero-order valence-corrected chi connectivity index (χ0v) is 9.90. The Bertz CT molecular complexity index is 135. The summed E-state index contributed by atoms with van der Waals surface area (Å²) in [5.74, 6) is 0. The molecule has 0 aromatic rings. The lowest BCUT2D eigenvalue weighted by molar-refractivity contribution is 0.357. The SMILES string of the molecule is C/C=C/[C@@](C)(CC)CCCCCC. The van der Waals surface area contributed by atoms with Gasteiger partial charge in [-0.25, -0.2) is 0 Å². The summed E-state index contributed by atoms with van der Waals surface area (Å²) in [6.45, 7) is 9.06. The van der Waals surface area contributed by atoms with Gasteiger partial charge in [0.05, 0.1) is 0 Å². The standard InChI is InChI=1S/C13H26/c1-5-8-9-10-12-13(4,7-3)11-6-2/h6,11H,5,7-10,12H2,1-4H3/b11-6+/t13-/m1/s1. The molecule has 0 fully saturated rings. The van der Waals surface area contributed by atoms with Crippen molar-refractivity contribution in [1.82, 2.24) is 0 Å². The third-order valence-electron chi connectivity index (χ3n) is 2.98. The molecule has 0 saturated heterocycles. The van der Waals surface area contributed by atoms with E-state index in [1.807, 2.05) is 0 Å². The predicted molar refractivity (Wildman–Crippen MR) is 62.0 cm³/mol. The van der Waals surface area contributed by atoms with Crippen LogP contribution >= 0.6 is 0 Å². The van der Waals surface area contributed by atoms with Crippen LogP contribution in [0.25, 0.3) is 0 Å². The van der Waals surface area contributed by atoms with Gasteiger partial charge in [0.2, 0.25) is 0 Å². The molecule has 1 atom stereocenters. The van der Waals surface area contributed by atoms with Crippen molar-refractivity contribution >= 4 is 0 Å². The second-order valence-electron chi connectivity index (χ2n) is 4.32. The molecule has 0 bridgehead atoms. The summed E-state index contributed by atoms with van der Waals surface area (Å²) in [5, 5.41) is 0. The normalized spacial score (nSPS) is 16.3. The van der Waals surface area contributed by atoms with Gasteiger partial charge in [-0.3, -0.25) is 0 Å². The fourth-order valence-corrected chi connectivity index (χ4v) is 1.74. The third-order valence-corrected chi connectivity index (χ3v) is 2.98. The van der Waals surface area contributed by atoms with Gasteiger partial charge >= 0.3 is 0 Å². The molecular formula is C13H26. The van der Waals surface area contributed by atoms with Gasteiger partial charge in [0, 0.05) is 0 Å². The van der Waals surface area contributed by atoms with E-state index in [4.69, 9.17) is 0 Å². The van der Waals surface area contributed by atoms with Crippen molar-refractivity contribution in [1.29, 1.82) is 0 Å². The summed E-state index contributed by atoms with van der Waals surface area (Å²) >= 11 is 0. The summed E-state index contributed by atoms with van der Waals surface area (Å²) in [5.41, 5.74) is 0.461. The van der Waals surface area contributed by atoms with Crippen molar-refractivity contribution in [2.24, 2.45) is 5.41 Å². The Morgan fingerprint density at radius 3 is 2.23 bits per heavy atom. The maximum Gasteiger partial charge on any atom is -0.0149 e. The van der Waals surface area contributed by atoms with Crippen LogP contribution < -0.4 is 0 Å². The van der Waals surface area contributed by atoms with E-state index in [1.165, 1.54) is 38.5 Å².